The summed E-state index contributed by atoms with van der Waals surface area (Å²) in [4.78, 5) is 10.7. The maximum absolute atomic E-state index is 11.8. The van der Waals surface area contributed by atoms with Crippen molar-refractivity contribution in [1.29, 1.82) is 5.26 Å². The van der Waals surface area contributed by atoms with Crippen molar-refractivity contribution in [2.45, 2.75) is 31.6 Å². The molecule has 1 atom stereocenters. The summed E-state index contributed by atoms with van der Waals surface area (Å²) in [5.41, 5.74) is 1.14. The molecule has 0 aromatic heterocycles. The van der Waals surface area contributed by atoms with E-state index in [9.17, 15) is 13.2 Å². The van der Waals surface area contributed by atoms with E-state index in [2.05, 4.69) is 4.72 Å². The molecule has 0 aliphatic rings. The highest BCUT2D eigenvalue weighted by Crippen LogP contribution is 2.11. The molecule has 0 aliphatic heterocycles. The van der Waals surface area contributed by atoms with Gasteiger partial charge in [-0.1, -0.05) is 31.2 Å². The molecular weight excluding hydrogens is 280 g/mol. The van der Waals surface area contributed by atoms with Crippen LogP contribution in [0.25, 0.3) is 0 Å². The van der Waals surface area contributed by atoms with E-state index in [0.717, 1.165) is 0 Å². The second-order valence-corrected chi connectivity index (χ2v) is 6.18. The number of hydrogen-bond acceptors (Lipinski definition) is 4. The summed E-state index contributed by atoms with van der Waals surface area (Å²) >= 11 is 0. The lowest BCUT2D eigenvalue weighted by molar-refractivity contribution is -0.136. The molecule has 7 heteroatoms. The predicted molar refractivity (Wildman–Crippen MR) is 73.2 cm³/mol. The molecule has 0 aliphatic carbocycles. The second-order valence-electron chi connectivity index (χ2n) is 4.23. The van der Waals surface area contributed by atoms with Crippen molar-refractivity contribution >= 4 is 16.0 Å². The molecule has 20 heavy (non-hydrogen) atoms. The normalized spacial score (nSPS) is 12.6. The number of carboxylic acid groups (broad SMARTS) is 1. The zero-order chi connectivity index (χ0) is 15.2. The Balaban J connectivity index is 2.86. The van der Waals surface area contributed by atoms with E-state index in [0.29, 0.717) is 11.1 Å². The number of sulfonamides is 1. The Labute approximate surface area is 118 Å². The van der Waals surface area contributed by atoms with E-state index in [4.69, 9.17) is 10.4 Å². The lowest BCUT2D eigenvalue weighted by Crippen LogP contribution is -2.33. The van der Waals surface area contributed by atoms with Crippen molar-refractivity contribution in [2.24, 2.45) is 0 Å². The van der Waals surface area contributed by atoms with Crippen LogP contribution in [0.5, 0.6) is 0 Å². The third-order valence-corrected chi connectivity index (χ3v) is 4.55. The Morgan fingerprint density at radius 3 is 2.50 bits per heavy atom. The quantitative estimate of drug-likeness (QED) is 0.781. The number of benzene rings is 1. The fourth-order valence-electron chi connectivity index (χ4n) is 1.72. The summed E-state index contributed by atoms with van der Waals surface area (Å²) in [6, 6.07) is 8.43. The molecule has 0 spiro atoms. The molecule has 1 unspecified atom stereocenters. The summed E-state index contributed by atoms with van der Waals surface area (Å²) in [6.07, 6.45) is 0.0238. The molecule has 0 saturated heterocycles. The van der Waals surface area contributed by atoms with Gasteiger partial charge in [0.15, 0.2) is 5.25 Å². The fraction of sp³-hybridized carbons (Fsp3) is 0.385. The van der Waals surface area contributed by atoms with Crippen LogP contribution in [0.15, 0.2) is 24.3 Å². The number of carbonyl (C=O) groups is 1. The molecule has 1 rings (SSSR count). The van der Waals surface area contributed by atoms with Gasteiger partial charge in [-0.15, -0.1) is 0 Å². The van der Waals surface area contributed by atoms with Crippen LogP contribution in [0.3, 0.4) is 0 Å². The van der Waals surface area contributed by atoms with E-state index >= 15 is 0 Å². The SMILES string of the molecule is CCC(C#N)S(=O)(=O)NCc1ccccc1CC(=O)O. The summed E-state index contributed by atoms with van der Waals surface area (Å²) in [5, 5.41) is 16.5. The van der Waals surface area contributed by atoms with Crippen LogP contribution < -0.4 is 4.72 Å². The van der Waals surface area contributed by atoms with Crippen LogP contribution in [0.4, 0.5) is 0 Å². The minimum atomic E-state index is -3.72. The first kappa shape index (κ1) is 16.1. The van der Waals surface area contributed by atoms with Gasteiger partial charge in [-0.25, -0.2) is 13.1 Å². The van der Waals surface area contributed by atoms with Crippen LogP contribution in [0, 0.1) is 11.3 Å². The third-order valence-electron chi connectivity index (χ3n) is 2.81. The number of nitrogens with zero attached hydrogens (tertiary/aromatic N) is 1. The largest absolute Gasteiger partial charge is 0.481 e. The Bertz CT molecular complexity index is 620. The lowest BCUT2D eigenvalue weighted by Gasteiger charge is -2.12. The van der Waals surface area contributed by atoms with Crippen molar-refractivity contribution in [2.75, 3.05) is 0 Å². The summed E-state index contributed by atoms with van der Waals surface area (Å²) in [7, 11) is -3.72. The molecule has 0 fully saturated rings. The highest BCUT2D eigenvalue weighted by molar-refractivity contribution is 7.90. The third kappa shape index (κ3) is 4.33. The number of aliphatic carboxylic acids is 1. The van der Waals surface area contributed by atoms with Crippen LogP contribution in [-0.2, 0) is 27.8 Å². The molecule has 1 aromatic carbocycles. The van der Waals surface area contributed by atoms with Gasteiger partial charge < -0.3 is 5.11 Å². The lowest BCUT2D eigenvalue weighted by atomic mass is 10.1. The van der Waals surface area contributed by atoms with Crippen molar-refractivity contribution < 1.29 is 18.3 Å². The summed E-state index contributed by atoms with van der Waals surface area (Å²) < 4.78 is 26.0. The monoisotopic (exact) mass is 296 g/mol. The highest BCUT2D eigenvalue weighted by atomic mass is 32.2. The first-order valence-corrected chi connectivity index (χ1v) is 7.62. The molecular formula is C13H16N2O4S. The molecule has 2 N–H and O–H groups in total. The Morgan fingerprint density at radius 1 is 1.40 bits per heavy atom. The number of hydrogen-bond donors (Lipinski definition) is 2. The molecule has 0 amide bonds. The second kappa shape index (κ2) is 7.03. The average Bonchev–Trinajstić information content (AvgIpc) is 2.38. The van der Waals surface area contributed by atoms with Gasteiger partial charge in [0.05, 0.1) is 12.5 Å². The van der Waals surface area contributed by atoms with Crippen molar-refractivity contribution in [1.82, 2.24) is 4.72 Å². The van der Waals surface area contributed by atoms with E-state index in [1.54, 1.807) is 37.3 Å². The molecule has 0 heterocycles. The smallest absolute Gasteiger partial charge is 0.307 e. The zero-order valence-corrected chi connectivity index (χ0v) is 11.9. The molecule has 0 bridgehead atoms. The maximum Gasteiger partial charge on any atom is 0.307 e. The van der Waals surface area contributed by atoms with Crippen LogP contribution in [0.1, 0.15) is 24.5 Å². The first-order chi connectivity index (χ1) is 9.40. The fourth-order valence-corrected chi connectivity index (χ4v) is 2.86. The van der Waals surface area contributed by atoms with Crippen LogP contribution >= 0.6 is 0 Å². The van der Waals surface area contributed by atoms with E-state index in [-0.39, 0.29) is 19.4 Å². The van der Waals surface area contributed by atoms with Crippen LogP contribution in [0.2, 0.25) is 0 Å². The predicted octanol–water partition coefficient (Wildman–Crippen LogP) is 1.04. The van der Waals surface area contributed by atoms with Gasteiger partial charge in [-0.2, -0.15) is 5.26 Å². The number of nitrogens with one attached hydrogen (secondary N) is 1. The van der Waals surface area contributed by atoms with Crippen molar-refractivity contribution in [3.63, 3.8) is 0 Å². The Morgan fingerprint density at radius 2 is 2.00 bits per heavy atom. The van der Waals surface area contributed by atoms with Gasteiger partial charge in [-0.05, 0) is 17.5 Å². The van der Waals surface area contributed by atoms with Crippen molar-refractivity contribution in [3.8, 4) is 6.07 Å². The first-order valence-electron chi connectivity index (χ1n) is 6.07. The standard InChI is InChI=1S/C13H16N2O4S/c1-2-12(8-14)20(18,19)15-9-11-6-4-3-5-10(11)7-13(16)17/h3-6,12,15H,2,7,9H2,1H3,(H,16,17). The zero-order valence-electron chi connectivity index (χ0n) is 11.0. The minimum absolute atomic E-state index is 0.0238. The van der Waals surface area contributed by atoms with Crippen LogP contribution in [-0.4, -0.2) is 24.7 Å². The van der Waals surface area contributed by atoms with Gasteiger partial charge in [0, 0.05) is 6.54 Å². The number of rotatable bonds is 7. The topological polar surface area (TPSA) is 107 Å². The van der Waals surface area contributed by atoms with Gasteiger partial charge in [0.1, 0.15) is 0 Å². The summed E-state index contributed by atoms with van der Waals surface area (Å²) in [6.45, 7) is 1.59. The minimum Gasteiger partial charge on any atom is -0.481 e. The van der Waals surface area contributed by atoms with E-state index in [1.165, 1.54) is 0 Å². The van der Waals surface area contributed by atoms with Gasteiger partial charge in [-0.3, -0.25) is 4.79 Å². The molecule has 6 nitrogen and oxygen atoms in total. The Hall–Kier alpha value is -1.91. The summed E-state index contributed by atoms with van der Waals surface area (Å²) in [5.74, 6) is -0.983. The number of nitriles is 1. The Kier molecular flexibility index (Phi) is 5.67. The molecule has 1 aromatic rings. The molecule has 0 saturated carbocycles. The van der Waals surface area contributed by atoms with E-state index in [1.807, 2.05) is 0 Å². The van der Waals surface area contributed by atoms with Gasteiger partial charge in [0.2, 0.25) is 10.0 Å². The average molecular weight is 296 g/mol. The number of carboxylic acids is 1. The van der Waals surface area contributed by atoms with Crippen molar-refractivity contribution in [3.05, 3.63) is 35.4 Å². The van der Waals surface area contributed by atoms with Gasteiger partial charge in [0.25, 0.3) is 0 Å². The highest BCUT2D eigenvalue weighted by Gasteiger charge is 2.23. The molecule has 0 radical (unpaired) electrons. The van der Waals surface area contributed by atoms with E-state index < -0.39 is 21.2 Å². The maximum atomic E-state index is 11.8. The van der Waals surface area contributed by atoms with Gasteiger partial charge >= 0.3 is 5.97 Å². The molecule has 108 valence electrons.